The Bertz CT molecular complexity index is 678. The van der Waals surface area contributed by atoms with E-state index in [-0.39, 0.29) is 0 Å². The molecule has 0 saturated carbocycles. The van der Waals surface area contributed by atoms with Crippen molar-refractivity contribution in [2.24, 2.45) is 0 Å². The third-order valence-electron chi connectivity index (χ3n) is 3.49. The maximum Gasteiger partial charge on any atom is 0.100 e. The molecule has 1 heterocycles. The molecule has 4 heteroatoms. The normalized spacial score (nSPS) is 12.8. The van der Waals surface area contributed by atoms with E-state index in [1.54, 1.807) is 0 Å². The van der Waals surface area contributed by atoms with Crippen LogP contribution in [0.1, 0.15) is 22.3 Å². The molecule has 0 saturated heterocycles. The molecule has 100 valence electrons. The van der Waals surface area contributed by atoms with Crippen molar-refractivity contribution >= 4 is 21.6 Å². The van der Waals surface area contributed by atoms with Gasteiger partial charge in [0.05, 0.1) is 5.56 Å². The first kappa shape index (κ1) is 13.2. The predicted molar refractivity (Wildman–Crippen MR) is 83.2 cm³/mol. The fourth-order valence-corrected chi connectivity index (χ4v) is 2.85. The van der Waals surface area contributed by atoms with Crippen molar-refractivity contribution in [2.75, 3.05) is 5.32 Å². The number of anilines is 1. The van der Waals surface area contributed by atoms with Crippen molar-refractivity contribution < 1.29 is 0 Å². The van der Waals surface area contributed by atoms with Crippen LogP contribution in [0.25, 0.3) is 0 Å². The van der Waals surface area contributed by atoms with Crippen molar-refractivity contribution in [3.05, 3.63) is 63.1 Å². The third-order valence-corrected chi connectivity index (χ3v) is 4.14. The minimum absolute atomic E-state index is 0.652. The Balaban J connectivity index is 1.70. The lowest BCUT2D eigenvalue weighted by molar-refractivity contribution is 0.764. The largest absolute Gasteiger partial charge is 0.381 e. The van der Waals surface area contributed by atoms with Crippen LogP contribution in [0, 0.1) is 11.3 Å². The number of benzene rings is 2. The van der Waals surface area contributed by atoms with Gasteiger partial charge in [0.25, 0.3) is 0 Å². The third kappa shape index (κ3) is 2.69. The van der Waals surface area contributed by atoms with Crippen molar-refractivity contribution in [2.45, 2.75) is 19.6 Å². The molecule has 0 bridgehead atoms. The molecule has 0 radical (unpaired) electrons. The Hall–Kier alpha value is -1.83. The van der Waals surface area contributed by atoms with E-state index in [1.807, 2.05) is 18.2 Å². The summed E-state index contributed by atoms with van der Waals surface area (Å²) >= 11 is 3.40. The van der Waals surface area contributed by atoms with Crippen LogP contribution in [0.5, 0.6) is 0 Å². The molecule has 0 amide bonds. The Labute approximate surface area is 126 Å². The van der Waals surface area contributed by atoms with Crippen molar-refractivity contribution in [1.29, 1.82) is 5.26 Å². The van der Waals surface area contributed by atoms with Gasteiger partial charge in [-0.25, -0.2) is 0 Å². The first-order chi connectivity index (χ1) is 9.76. The fourth-order valence-electron chi connectivity index (χ4n) is 2.38. The molecule has 0 unspecified atom stereocenters. The zero-order valence-electron chi connectivity index (χ0n) is 10.9. The number of hydrogen-bond donors (Lipinski definition) is 2. The SMILES string of the molecule is N#Cc1ccc(NCc2ccc3c(c2)CNC3)cc1Br. The molecule has 2 aromatic rings. The van der Waals surface area contributed by atoms with E-state index >= 15 is 0 Å². The highest BCUT2D eigenvalue weighted by molar-refractivity contribution is 9.10. The van der Waals surface area contributed by atoms with E-state index in [2.05, 4.69) is 50.8 Å². The minimum atomic E-state index is 0.652. The number of fused-ring (bicyclic) bond motifs is 1. The maximum absolute atomic E-state index is 8.90. The van der Waals surface area contributed by atoms with Gasteiger partial charge in [0.15, 0.2) is 0 Å². The van der Waals surface area contributed by atoms with Crippen LogP contribution >= 0.6 is 15.9 Å². The highest BCUT2D eigenvalue weighted by atomic mass is 79.9. The average molecular weight is 328 g/mol. The van der Waals surface area contributed by atoms with Crippen molar-refractivity contribution in [3.63, 3.8) is 0 Å². The Morgan fingerprint density at radius 2 is 2.00 bits per heavy atom. The summed E-state index contributed by atoms with van der Waals surface area (Å²) in [7, 11) is 0. The van der Waals surface area contributed by atoms with Gasteiger partial charge in [-0.15, -0.1) is 0 Å². The van der Waals surface area contributed by atoms with Gasteiger partial charge in [0, 0.05) is 29.8 Å². The van der Waals surface area contributed by atoms with Crippen LogP contribution in [-0.2, 0) is 19.6 Å². The molecule has 3 rings (SSSR count). The van der Waals surface area contributed by atoms with Gasteiger partial charge in [-0.3, -0.25) is 0 Å². The van der Waals surface area contributed by atoms with Crippen LogP contribution < -0.4 is 10.6 Å². The number of nitrogens with zero attached hydrogens (tertiary/aromatic N) is 1. The van der Waals surface area contributed by atoms with Gasteiger partial charge in [0.2, 0.25) is 0 Å². The summed E-state index contributed by atoms with van der Waals surface area (Å²) in [6, 6.07) is 14.4. The van der Waals surface area contributed by atoms with E-state index in [1.165, 1.54) is 16.7 Å². The molecule has 1 aliphatic heterocycles. The Morgan fingerprint density at radius 3 is 2.80 bits per heavy atom. The summed E-state index contributed by atoms with van der Waals surface area (Å²) < 4.78 is 0.822. The van der Waals surface area contributed by atoms with Crippen molar-refractivity contribution in [1.82, 2.24) is 5.32 Å². The van der Waals surface area contributed by atoms with Gasteiger partial charge in [-0.1, -0.05) is 18.2 Å². The van der Waals surface area contributed by atoms with Crippen LogP contribution in [0.2, 0.25) is 0 Å². The Morgan fingerprint density at radius 1 is 1.15 bits per heavy atom. The van der Waals surface area contributed by atoms with Crippen LogP contribution in [0.4, 0.5) is 5.69 Å². The maximum atomic E-state index is 8.90. The van der Waals surface area contributed by atoms with E-state index in [4.69, 9.17) is 5.26 Å². The molecule has 0 fully saturated rings. The van der Waals surface area contributed by atoms with E-state index in [0.717, 1.165) is 29.8 Å². The zero-order chi connectivity index (χ0) is 13.9. The van der Waals surface area contributed by atoms with Crippen LogP contribution in [-0.4, -0.2) is 0 Å². The first-order valence-corrected chi connectivity index (χ1v) is 7.30. The number of hydrogen-bond acceptors (Lipinski definition) is 3. The first-order valence-electron chi connectivity index (χ1n) is 6.51. The van der Waals surface area contributed by atoms with E-state index in [9.17, 15) is 0 Å². The lowest BCUT2D eigenvalue weighted by Gasteiger charge is -2.09. The molecular formula is C16H14BrN3. The Kier molecular flexibility index (Phi) is 3.72. The molecule has 0 aromatic heterocycles. The zero-order valence-corrected chi connectivity index (χ0v) is 12.5. The van der Waals surface area contributed by atoms with E-state index < -0.39 is 0 Å². The highest BCUT2D eigenvalue weighted by Crippen LogP contribution is 2.22. The smallest absolute Gasteiger partial charge is 0.100 e. The highest BCUT2D eigenvalue weighted by Gasteiger charge is 2.09. The van der Waals surface area contributed by atoms with Crippen LogP contribution in [0.15, 0.2) is 40.9 Å². The number of nitrogens with one attached hydrogen (secondary N) is 2. The van der Waals surface area contributed by atoms with E-state index in [0.29, 0.717) is 5.56 Å². The minimum Gasteiger partial charge on any atom is -0.381 e. The summed E-state index contributed by atoms with van der Waals surface area (Å²) in [4.78, 5) is 0. The van der Waals surface area contributed by atoms with Gasteiger partial charge >= 0.3 is 0 Å². The lowest BCUT2D eigenvalue weighted by atomic mass is 10.1. The van der Waals surface area contributed by atoms with Gasteiger partial charge in [-0.2, -0.15) is 5.26 Å². The summed E-state index contributed by atoms with van der Waals surface area (Å²) in [6.45, 7) is 2.73. The molecule has 0 aliphatic carbocycles. The second-order valence-electron chi connectivity index (χ2n) is 4.87. The second-order valence-corrected chi connectivity index (χ2v) is 5.72. The second kappa shape index (κ2) is 5.66. The molecule has 3 nitrogen and oxygen atoms in total. The fraction of sp³-hybridized carbons (Fsp3) is 0.188. The van der Waals surface area contributed by atoms with Gasteiger partial charge in [-0.05, 0) is 50.8 Å². The summed E-state index contributed by atoms with van der Waals surface area (Å²) in [6.07, 6.45) is 0. The molecule has 20 heavy (non-hydrogen) atoms. The molecule has 1 aliphatic rings. The predicted octanol–water partition coefficient (Wildman–Crippen LogP) is 3.54. The number of halogens is 1. The lowest BCUT2D eigenvalue weighted by Crippen LogP contribution is -2.01. The van der Waals surface area contributed by atoms with Crippen LogP contribution in [0.3, 0.4) is 0 Å². The molecule has 2 aromatic carbocycles. The standard InChI is InChI=1S/C16H14BrN3/c17-16-6-15(4-3-12(16)7-18)20-8-11-1-2-13-9-19-10-14(13)5-11/h1-6,19-20H,8-10H2. The topological polar surface area (TPSA) is 47.9 Å². The molecule has 0 atom stereocenters. The quantitative estimate of drug-likeness (QED) is 0.906. The summed E-state index contributed by atoms with van der Waals surface area (Å²) in [5.74, 6) is 0. The van der Waals surface area contributed by atoms with Gasteiger partial charge in [0.1, 0.15) is 6.07 Å². The summed E-state index contributed by atoms with van der Waals surface area (Å²) in [5, 5.41) is 15.6. The van der Waals surface area contributed by atoms with Crippen molar-refractivity contribution in [3.8, 4) is 6.07 Å². The number of nitriles is 1. The molecular weight excluding hydrogens is 314 g/mol. The summed E-state index contributed by atoms with van der Waals surface area (Å²) in [5.41, 5.74) is 5.72. The van der Waals surface area contributed by atoms with Gasteiger partial charge < -0.3 is 10.6 Å². The number of rotatable bonds is 3. The monoisotopic (exact) mass is 327 g/mol. The molecule has 2 N–H and O–H groups in total. The molecule has 0 spiro atoms. The average Bonchev–Trinajstić information content (AvgIpc) is 2.92.